The molecule has 2 atom stereocenters. The van der Waals surface area contributed by atoms with Crippen LogP contribution in [-0.4, -0.2) is 37.8 Å². The van der Waals surface area contributed by atoms with Gasteiger partial charge in [0.2, 0.25) is 0 Å². The van der Waals surface area contributed by atoms with Gasteiger partial charge in [-0.1, -0.05) is 6.92 Å². The van der Waals surface area contributed by atoms with Crippen LogP contribution >= 0.6 is 11.8 Å². The molecule has 0 aromatic heterocycles. The van der Waals surface area contributed by atoms with Crippen LogP contribution in [0, 0.1) is 5.92 Å². The molecule has 0 bridgehead atoms. The summed E-state index contributed by atoms with van der Waals surface area (Å²) < 4.78 is 5.12. The Morgan fingerprint density at radius 2 is 2.31 bits per heavy atom. The Morgan fingerprint density at radius 1 is 1.46 bits per heavy atom. The van der Waals surface area contributed by atoms with Crippen molar-refractivity contribution in [1.82, 2.24) is 5.32 Å². The van der Waals surface area contributed by atoms with Crippen LogP contribution in [0.3, 0.4) is 0 Å². The fourth-order valence-corrected chi connectivity index (χ4v) is 3.19. The Kier molecular flexibility index (Phi) is 5.83. The van der Waals surface area contributed by atoms with Crippen LogP contribution in [-0.2, 0) is 4.74 Å². The van der Waals surface area contributed by atoms with Crippen LogP contribution in [0.4, 0.5) is 0 Å². The molecule has 1 aliphatic heterocycles. The summed E-state index contributed by atoms with van der Waals surface area (Å²) in [6, 6.07) is 0.736. The van der Waals surface area contributed by atoms with E-state index in [2.05, 4.69) is 24.0 Å². The van der Waals surface area contributed by atoms with Gasteiger partial charge >= 0.3 is 0 Å². The van der Waals surface area contributed by atoms with Crippen molar-refractivity contribution >= 4 is 11.8 Å². The number of methoxy groups -OCH3 is 1. The number of ether oxygens (including phenoxy) is 1. The van der Waals surface area contributed by atoms with Crippen molar-refractivity contribution in [2.24, 2.45) is 5.92 Å². The van der Waals surface area contributed by atoms with Crippen molar-refractivity contribution in [1.29, 1.82) is 0 Å². The smallest absolute Gasteiger partial charge is 0.0465 e. The van der Waals surface area contributed by atoms with E-state index >= 15 is 0 Å². The fourth-order valence-electron chi connectivity index (χ4n) is 1.71. The molecule has 78 valence electrons. The van der Waals surface area contributed by atoms with Crippen molar-refractivity contribution in [2.75, 3.05) is 31.8 Å². The second-order valence-electron chi connectivity index (χ2n) is 3.64. The third kappa shape index (κ3) is 3.88. The van der Waals surface area contributed by atoms with Gasteiger partial charge in [-0.05, 0) is 31.1 Å². The lowest BCUT2D eigenvalue weighted by Gasteiger charge is -2.19. The molecule has 2 nitrogen and oxygen atoms in total. The normalized spacial score (nSPS) is 28.2. The summed E-state index contributed by atoms with van der Waals surface area (Å²) in [5.41, 5.74) is 0. The van der Waals surface area contributed by atoms with Gasteiger partial charge < -0.3 is 10.1 Å². The van der Waals surface area contributed by atoms with Crippen LogP contribution in [0.25, 0.3) is 0 Å². The molecule has 13 heavy (non-hydrogen) atoms. The van der Waals surface area contributed by atoms with Crippen LogP contribution < -0.4 is 5.32 Å². The molecule has 1 aliphatic rings. The average molecular weight is 203 g/mol. The Bertz CT molecular complexity index is 118. The van der Waals surface area contributed by atoms with Crippen LogP contribution in [0.2, 0.25) is 0 Å². The topological polar surface area (TPSA) is 21.3 Å². The zero-order chi connectivity index (χ0) is 9.52. The molecule has 2 unspecified atom stereocenters. The third-order valence-electron chi connectivity index (χ3n) is 2.55. The first-order valence-corrected chi connectivity index (χ1v) is 6.34. The maximum absolute atomic E-state index is 5.12. The number of nitrogens with one attached hydrogen (secondary N) is 1. The fraction of sp³-hybridized carbons (Fsp3) is 1.00. The minimum absolute atomic E-state index is 0.736. The summed E-state index contributed by atoms with van der Waals surface area (Å²) in [5, 5.41) is 3.61. The summed E-state index contributed by atoms with van der Waals surface area (Å²) in [5.74, 6) is 3.43. The lowest BCUT2D eigenvalue weighted by molar-refractivity contribution is 0.175. The van der Waals surface area contributed by atoms with Gasteiger partial charge in [-0.2, -0.15) is 11.8 Å². The van der Waals surface area contributed by atoms with Gasteiger partial charge in [-0.3, -0.25) is 0 Å². The summed E-state index contributed by atoms with van der Waals surface area (Å²) >= 11 is 2.07. The molecule has 0 aromatic rings. The van der Waals surface area contributed by atoms with Crippen molar-refractivity contribution in [3.63, 3.8) is 0 Å². The molecule has 1 fully saturated rings. The number of hydrogen-bond acceptors (Lipinski definition) is 3. The number of rotatable bonds is 6. The Labute approximate surface area is 85.8 Å². The predicted molar refractivity (Wildman–Crippen MR) is 59.4 cm³/mol. The van der Waals surface area contributed by atoms with Crippen molar-refractivity contribution in [3.05, 3.63) is 0 Å². The second kappa shape index (κ2) is 6.68. The van der Waals surface area contributed by atoms with E-state index in [1.54, 1.807) is 7.11 Å². The molecule has 1 N–H and O–H groups in total. The lowest BCUT2D eigenvalue weighted by atomic mass is 10.0. The minimum Gasteiger partial charge on any atom is -0.385 e. The van der Waals surface area contributed by atoms with Gasteiger partial charge in [0.1, 0.15) is 0 Å². The number of thioether (sulfide) groups is 1. The largest absolute Gasteiger partial charge is 0.385 e. The molecule has 1 heterocycles. The van der Waals surface area contributed by atoms with E-state index in [1.165, 1.54) is 24.3 Å². The van der Waals surface area contributed by atoms with E-state index in [0.29, 0.717) is 0 Å². The molecule has 0 saturated carbocycles. The van der Waals surface area contributed by atoms with Crippen LogP contribution in [0.15, 0.2) is 0 Å². The first-order valence-electron chi connectivity index (χ1n) is 5.18. The molecule has 1 rings (SSSR count). The van der Waals surface area contributed by atoms with Crippen LogP contribution in [0.1, 0.15) is 19.8 Å². The van der Waals surface area contributed by atoms with Crippen molar-refractivity contribution < 1.29 is 4.74 Å². The lowest BCUT2D eigenvalue weighted by Crippen LogP contribution is -2.36. The second-order valence-corrected chi connectivity index (χ2v) is 4.71. The maximum Gasteiger partial charge on any atom is 0.0465 e. The van der Waals surface area contributed by atoms with E-state index in [0.717, 1.165) is 25.1 Å². The quantitative estimate of drug-likeness (QED) is 0.710. The minimum atomic E-state index is 0.736. The molecular formula is C10H21NOS. The first kappa shape index (κ1) is 11.3. The zero-order valence-corrected chi connectivity index (χ0v) is 9.53. The van der Waals surface area contributed by atoms with E-state index < -0.39 is 0 Å². The maximum atomic E-state index is 5.12. The highest BCUT2D eigenvalue weighted by atomic mass is 32.2. The SMILES string of the molecule is CCCNC1CSCC1CCOC. The summed E-state index contributed by atoms with van der Waals surface area (Å²) in [4.78, 5) is 0. The third-order valence-corrected chi connectivity index (χ3v) is 3.81. The molecule has 0 amide bonds. The van der Waals surface area contributed by atoms with Gasteiger partial charge in [-0.15, -0.1) is 0 Å². The Hall–Kier alpha value is 0.270. The molecular weight excluding hydrogens is 182 g/mol. The van der Waals surface area contributed by atoms with Gasteiger partial charge in [0.05, 0.1) is 0 Å². The van der Waals surface area contributed by atoms with Gasteiger partial charge in [0.25, 0.3) is 0 Å². The molecule has 0 aliphatic carbocycles. The highest BCUT2D eigenvalue weighted by Crippen LogP contribution is 2.26. The summed E-state index contributed by atoms with van der Waals surface area (Å²) in [7, 11) is 1.79. The monoisotopic (exact) mass is 203 g/mol. The highest BCUT2D eigenvalue weighted by molar-refractivity contribution is 7.99. The summed E-state index contributed by atoms with van der Waals surface area (Å²) in [6.07, 6.45) is 2.45. The standard InChI is InChI=1S/C10H21NOS/c1-3-5-11-10-8-13-7-9(10)4-6-12-2/h9-11H,3-8H2,1-2H3. The molecule has 3 heteroatoms. The van der Waals surface area contributed by atoms with E-state index in [9.17, 15) is 0 Å². The first-order chi connectivity index (χ1) is 6.38. The van der Waals surface area contributed by atoms with E-state index in [-0.39, 0.29) is 0 Å². The van der Waals surface area contributed by atoms with E-state index in [1.807, 2.05) is 0 Å². The van der Waals surface area contributed by atoms with Gasteiger partial charge in [0, 0.05) is 25.5 Å². The van der Waals surface area contributed by atoms with Crippen molar-refractivity contribution in [2.45, 2.75) is 25.8 Å². The number of hydrogen-bond donors (Lipinski definition) is 1. The van der Waals surface area contributed by atoms with Gasteiger partial charge in [-0.25, -0.2) is 0 Å². The Morgan fingerprint density at radius 3 is 3.00 bits per heavy atom. The molecule has 0 radical (unpaired) electrons. The summed E-state index contributed by atoms with van der Waals surface area (Å²) in [6.45, 7) is 4.30. The highest BCUT2D eigenvalue weighted by Gasteiger charge is 2.26. The molecule has 0 spiro atoms. The van der Waals surface area contributed by atoms with Gasteiger partial charge in [0.15, 0.2) is 0 Å². The van der Waals surface area contributed by atoms with Crippen molar-refractivity contribution in [3.8, 4) is 0 Å². The Balaban J connectivity index is 2.18. The molecule has 0 aromatic carbocycles. The van der Waals surface area contributed by atoms with Crippen LogP contribution in [0.5, 0.6) is 0 Å². The average Bonchev–Trinajstić information content (AvgIpc) is 2.59. The zero-order valence-electron chi connectivity index (χ0n) is 8.71. The van der Waals surface area contributed by atoms with E-state index in [4.69, 9.17) is 4.74 Å². The molecule has 1 saturated heterocycles. The predicted octanol–water partition coefficient (Wildman–Crippen LogP) is 1.75.